The Hall–Kier alpha value is -3.12. The molecule has 0 spiro atoms. The quantitative estimate of drug-likeness (QED) is 0.199. The zero-order valence-electron chi connectivity index (χ0n) is 25.9. The molecule has 0 aliphatic heterocycles. The highest BCUT2D eigenvalue weighted by molar-refractivity contribution is 5.76. The second kappa shape index (κ2) is 23.3. The van der Waals surface area contributed by atoms with E-state index in [-0.39, 0.29) is 0 Å². The van der Waals surface area contributed by atoms with Gasteiger partial charge >= 0.3 is 0 Å². The van der Waals surface area contributed by atoms with Gasteiger partial charge in [-0.05, 0) is 67.5 Å². The van der Waals surface area contributed by atoms with Crippen molar-refractivity contribution in [3.63, 3.8) is 0 Å². The summed E-state index contributed by atoms with van der Waals surface area (Å²) in [6, 6.07) is 34.1. The molecule has 202 valence electrons. The number of rotatable bonds is 0. The maximum absolute atomic E-state index is 2.22. The van der Waals surface area contributed by atoms with Gasteiger partial charge in [0.1, 0.15) is 0 Å². The first kappa shape index (κ1) is 36.0. The zero-order chi connectivity index (χ0) is 28.6. The third-order valence-electron chi connectivity index (χ3n) is 5.30. The van der Waals surface area contributed by atoms with Crippen LogP contribution in [0.5, 0.6) is 0 Å². The van der Waals surface area contributed by atoms with Crippen molar-refractivity contribution in [1.82, 2.24) is 0 Å². The molecule has 4 aromatic rings. The Balaban J connectivity index is 0. The molecule has 0 fully saturated rings. The minimum atomic E-state index is 1.10. The second-order valence-electron chi connectivity index (χ2n) is 7.73. The SMILES string of the molecule is CC.CC.CC.CC.Cc1cccc(C)c1.Cc1ccccc1C.c1ccc2c(c1)Cc1ccccc1-2. The molecule has 0 nitrogen and oxygen atoms in total. The van der Waals surface area contributed by atoms with Gasteiger partial charge in [0.2, 0.25) is 0 Å². The van der Waals surface area contributed by atoms with Crippen LogP contribution >= 0.6 is 0 Å². The highest BCUT2D eigenvalue weighted by Gasteiger charge is 2.15. The van der Waals surface area contributed by atoms with Crippen molar-refractivity contribution in [2.24, 2.45) is 0 Å². The normalized spacial score (nSPS) is 8.97. The van der Waals surface area contributed by atoms with Gasteiger partial charge in [-0.25, -0.2) is 0 Å². The van der Waals surface area contributed by atoms with Gasteiger partial charge in [0.05, 0.1) is 0 Å². The van der Waals surface area contributed by atoms with E-state index in [0.29, 0.717) is 0 Å². The Bertz CT molecular complexity index is 991. The average molecular weight is 499 g/mol. The number of aryl methyl sites for hydroxylation is 4. The maximum atomic E-state index is 2.22. The molecule has 0 N–H and O–H groups in total. The van der Waals surface area contributed by atoms with Gasteiger partial charge in [-0.2, -0.15) is 0 Å². The number of fused-ring (bicyclic) bond motifs is 3. The highest BCUT2D eigenvalue weighted by atomic mass is 14.2. The highest BCUT2D eigenvalue weighted by Crippen LogP contribution is 2.35. The predicted molar refractivity (Wildman–Crippen MR) is 172 cm³/mol. The van der Waals surface area contributed by atoms with E-state index < -0.39 is 0 Å². The molecule has 0 atom stereocenters. The van der Waals surface area contributed by atoms with Crippen LogP contribution < -0.4 is 0 Å². The molecule has 0 saturated carbocycles. The fourth-order valence-corrected chi connectivity index (χ4v) is 3.55. The molecular weight excluding hydrogens is 444 g/mol. The van der Waals surface area contributed by atoms with Crippen LogP contribution in [0.1, 0.15) is 88.8 Å². The topological polar surface area (TPSA) is 0 Å². The molecule has 1 aliphatic rings. The largest absolute Gasteiger partial charge is 0.0683 e. The lowest BCUT2D eigenvalue weighted by Crippen LogP contribution is -1.77. The Kier molecular flexibility index (Phi) is 22.7. The predicted octanol–water partition coefficient (Wildman–Crippen LogP) is 12.0. The van der Waals surface area contributed by atoms with Gasteiger partial charge < -0.3 is 0 Å². The van der Waals surface area contributed by atoms with Crippen LogP contribution in [-0.2, 0) is 6.42 Å². The molecule has 0 heterocycles. The van der Waals surface area contributed by atoms with Gasteiger partial charge in [-0.15, -0.1) is 0 Å². The first-order chi connectivity index (χ1) is 18.0. The molecular formula is C37H54. The van der Waals surface area contributed by atoms with Gasteiger partial charge in [-0.1, -0.05) is 164 Å². The third kappa shape index (κ3) is 13.7. The van der Waals surface area contributed by atoms with Crippen molar-refractivity contribution in [2.45, 2.75) is 89.5 Å². The Morgan fingerprint density at radius 1 is 0.378 bits per heavy atom. The molecule has 0 aromatic heterocycles. The molecule has 4 aromatic carbocycles. The summed E-state index contributed by atoms with van der Waals surface area (Å²) >= 11 is 0. The Morgan fingerprint density at radius 2 is 0.703 bits per heavy atom. The zero-order valence-corrected chi connectivity index (χ0v) is 25.9. The molecule has 0 saturated heterocycles. The summed E-state index contributed by atoms with van der Waals surface area (Å²) in [5, 5.41) is 0. The van der Waals surface area contributed by atoms with Crippen molar-refractivity contribution in [1.29, 1.82) is 0 Å². The van der Waals surface area contributed by atoms with E-state index in [4.69, 9.17) is 0 Å². The summed E-state index contributed by atoms with van der Waals surface area (Å²) in [5.41, 5.74) is 11.2. The summed E-state index contributed by atoms with van der Waals surface area (Å²) in [4.78, 5) is 0. The standard InChI is InChI=1S/C13H10.2C8H10.4C2H6/c1-3-7-12-10(5-1)9-11-6-2-4-8-13(11)12;1-7-4-3-5-8(2)6-7;1-7-5-3-4-6-8(7)2;4*1-2/h1-8H,9H2;2*3-6H,1-2H3;4*1-2H3. The van der Waals surface area contributed by atoms with E-state index in [1.165, 1.54) is 44.5 Å². The van der Waals surface area contributed by atoms with Crippen molar-refractivity contribution >= 4 is 0 Å². The second-order valence-corrected chi connectivity index (χ2v) is 7.73. The van der Waals surface area contributed by atoms with E-state index in [2.05, 4.69) is 125 Å². The minimum Gasteiger partial charge on any atom is -0.0683 e. The average Bonchev–Trinajstić information content (AvgIpc) is 3.34. The van der Waals surface area contributed by atoms with Gasteiger partial charge in [0, 0.05) is 0 Å². The van der Waals surface area contributed by atoms with Gasteiger partial charge in [0.15, 0.2) is 0 Å². The Labute approximate surface area is 230 Å². The molecule has 0 unspecified atom stereocenters. The fourth-order valence-electron chi connectivity index (χ4n) is 3.55. The van der Waals surface area contributed by atoms with Crippen molar-refractivity contribution in [3.8, 4) is 11.1 Å². The van der Waals surface area contributed by atoms with Crippen molar-refractivity contribution in [3.05, 3.63) is 130 Å². The van der Waals surface area contributed by atoms with E-state index >= 15 is 0 Å². The lowest BCUT2D eigenvalue weighted by Gasteiger charge is -1.98. The third-order valence-corrected chi connectivity index (χ3v) is 5.30. The minimum absolute atomic E-state index is 1.10. The molecule has 0 radical (unpaired) electrons. The summed E-state index contributed by atoms with van der Waals surface area (Å²) in [6.45, 7) is 24.4. The van der Waals surface area contributed by atoms with Crippen LogP contribution in [0.25, 0.3) is 11.1 Å². The molecule has 0 amide bonds. The monoisotopic (exact) mass is 498 g/mol. The van der Waals surface area contributed by atoms with Crippen LogP contribution in [0.15, 0.2) is 97.1 Å². The smallest absolute Gasteiger partial charge is 0.00135 e. The van der Waals surface area contributed by atoms with Gasteiger partial charge in [-0.3, -0.25) is 0 Å². The molecule has 1 aliphatic carbocycles. The maximum Gasteiger partial charge on any atom is -0.00135 e. The van der Waals surface area contributed by atoms with Crippen LogP contribution in [0, 0.1) is 27.7 Å². The van der Waals surface area contributed by atoms with Gasteiger partial charge in [0.25, 0.3) is 0 Å². The van der Waals surface area contributed by atoms with Crippen LogP contribution in [0.3, 0.4) is 0 Å². The van der Waals surface area contributed by atoms with Crippen LogP contribution in [0.2, 0.25) is 0 Å². The molecule has 0 heteroatoms. The fraction of sp³-hybridized carbons (Fsp3) is 0.351. The number of benzene rings is 4. The molecule has 5 rings (SSSR count). The summed E-state index contributed by atoms with van der Waals surface area (Å²) < 4.78 is 0. The van der Waals surface area contributed by atoms with E-state index in [1.54, 1.807) is 0 Å². The summed E-state index contributed by atoms with van der Waals surface area (Å²) in [5.74, 6) is 0. The first-order valence-electron chi connectivity index (χ1n) is 14.3. The van der Waals surface area contributed by atoms with Crippen molar-refractivity contribution < 1.29 is 0 Å². The summed E-state index contributed by atoms with van der Waals surface area (Å²) in [7, 11) is 0. The molecule has 37 heavy (non-hydrogen) atoms. The number of hydrogen-bond acceptors (Lipinski definition) is 0. The van der Waals surface area contributed by atoms with E-state index in [9.17, 15) is 0 Å². The van der Waals surface area contributed by atoms with Crippen LogP contribution in [-0.4, -0.2) is 0 Å². The van der Waals surface area contributed by atoms with E-state index in [1.807, 2.05) is 55.4 Å². The van der Waals surface area contributed by atoms with Crippen LogP contribution in [0.4, 0.5) is 0 Å². The lowest BCUT2D eigenvalue weighted by atomic mass is 10.1. The number of hydrogen-bond donors (Lipinski definition) is 0. The van der Waals surface area contributed by atoms with Crippen molar-refractivity contribution in [2.75, 3.05) is 0 Å². The Morgan fingerprint density at radius 3 is 1.00 bits per heavy atom. The lowest BCUT2D eigenvalue weighted by molar-refractivity contribution is 1.26. The first-order valence-corrected chi connectivity index (χ1v) is 14.3. The molecule has 0 bridgehead atoms. The van der Waals surface area contributed by atoms with E-state index in [0.717, 1.165) is 6.42 Å². The summed E-state index contributed by atoms with van der Waals surface area (Å²) in [6.07, 6.45) is 1.10.